The fourth-order valence-corrected chi connectivity index (χ4v) is 3.68. The highest BCUT2D eigenvalue weighted by Crippen LogP contribution is 2.28. The largest absolute Gasteiger partial charge is 0.479 e. The van der Waals surface area contributed by atoms with Crippen molar-refractivity contribution in [2.45, 2.75) is 12.0 Å². The third-order valence-corrected chi connectivity index (χ3v) is 4.85. The number of rotatable bonds is 3. The molecule has 0 aliphatic carbocycles. The summed E-state index contributed by atoms with van der Waals surface area (Å²) in [4.78, 5) is 23.8. The minimum Gasteiger partial charge on any atom is -0.479 e. The van der Waals surface area contributed by atoms with E-state index in [0.717, 1.165) is 11.3 Å². The number of thioether (sulfide) groups is 1. The van der Waals surface area contributed by atoms with Crippen LogP contribution >= 0.6 is 11.8 Å². The molecule has 0 saturated carbocycles. The van der Waals surface area contributed by atoms with Crippen molar-refractivity contribution in [2.24, 2.45) is 7.05 Å². The molecule has 110 valence electrons. The summed E-state index contributed by atoms with van der Waals surface area (Å²) < 4.78 is 1.61. The van der Waals surface area contributed by atoms with Crippen molar-refractivity contribution in [1.29, 1.82) is 0 Å². The zero-order valence-corrected chi connectivity index (χ0v) is 12.2. The number of carbonyl (C=O) groups is 2. The highest BCUT2D eigenvalue weighted by molar-refractivity contribution is 7.99. The Bertz CT molecular complexity index is 721. The number of nitrogens with zero attached hydrogens (tertiary/aromatic N) is 3. The van der Waals surface area contributed by atoms with E-state index in [-0.39, 0.29) is 0 Å². The molecule has 21 heavy (non-hydrogen) atoms. The molecule has 1 aliphatic rings. The predicted molar refractivity (Wildman–Crippen MR) is 78.3 cm³/mol. The van der Waals surface area contributed by atoms with Gasteiger partial charge in [-0.3, -0.25) is 4.79 Å². The van der Waals surface area contributed by atoms with Crippen molar-refractivity contribution in [1.82, 2.24) is 20.3 Å². The lowest BCUT2D eigenvalue weighted by molar-refractivity contribution is -0.143. The Hall–Kier alpha value is -2.09. The van der Waals surface area contributed by atoms with Gasteiger partial charge in [-0.05, 0) is 30.4 Å². The molecule has 0 spiro atoms. The fourth-order valence-electron chi connectivity index (χ4n) is 2.36. The third-order valence-electron chi connectivity index (χ3n) is 3.66. The van der Waals surface area contributed by atoms with Crippen LogP contribution in [0.1, 0.15) is 16.8 Å². The SMILES string of the molecule is Cn1nnc2cc(C(=O)NC3(C(=O)O)CCSC3)ccc21. The molecule has 8 heteroatoms. The van der Waals surface area contributed by atoms with Crippen molar-refractivity contribution < 1.29 is 14.7 Å². The number of carboxylic acids is 1. The maximum atomic E-state index is 12.3. The Kier molecular flexibility index (Phi) is 3.32. The molecule has 2 aromatic rings. The van der Waals surface area contributed by atoms with E-state index in [9.17, 15) is 14.7 Å². The van der Waals surface area contributed by atoms with E-state index in [1.54, 1.807) is 29.9 Å². The smallest absolute Gasteiger partial charge is 0.330 e. The van der Waals surface area contributed by atoms with Crippen LogP contribution in [0.2, 0.25) is 0 Å². The highest BCUT2D eigenvalue weighted by Gasteiger charge is 2.43. The molecule has 1 saturated heterocycles. The molecular formula is C13H14N4O3S. The highest BCUT2D eigenvalue weighted by atomic mass is 32.2. The fraction of sp³-hybridized carbons (Fsp3) is 0.385. The van der Waals surface area contributed by atoms with Gasteiger partial charge in [-0.1, -0.05) is 5.21 Å². The average molecular weight is 306 g/mol. The lowest BCUT2D eigenvalue weighted by Gasteiger charge is -2.24. The Morgan fingerprint density at radius 2 is 2.29 bits per heavy atom. The van der Waals surface area contributed by atoms with Gasteiger partial charge in [0.05, 0.1) is 5.52 Å². The van der Waals surface area contributed by atoms with E-state index in [0.29, 0.717) is 23.3 Å². The van der Waals surface area contributed by atoms with Crippen molar-refractivity contribution in [3.8, 4) is 0 Å². The topological polar surface area (TPSA) is 97.1 Å². The first-order valence-corrected chi connectivity index (χ1v) is 7.60. The van der Waals surface area contributed by atoms with Crippen LogP contribution in [0.15, 0.2) is 18.2 Å². The van der Waals surface area contributed by atoms with Crippen LogP contribution < -0.4 is 5.32 Å². The summed E-state index contributed by atoms with van der Waals surface area (Å²) in [6.07, 6.45) is 0.437. The Balaban J connectivity index is 1.88. The predicted octanol–water partition coefficient (Wildman–Crippen LogP) is 0.658. The van der Waals surface area contributed by atoms with Crippen LogP contribution in [0.3, 0.4) is 0 Å². The number of aromatic nitrogens is 3. The molecule has 0 bridgehead atoms. The molecule has 2 N–H and O–H groups in total. The molecule has 3 rings (SSSR count). The number of aliphatic carboxylic acids is 1. The van der Waals surface area contributed by atoms with Gasteiger partial charge in [0.1, 0.15) is 11.1 Å². The molecule has 1 aliphatic heterocycles. The summed E-state index contributed by atoms with van der Waals surface area (Å²) in [5.74, 6) is -0.258. The van der Waals surface area contributed by atoms with Crippen LogP contribution in [0.25, 0.3) is 11.0 Å². The zero-order chi connectivity index (χ0) is 15.0. The van der Waals surface area contributed by atoms with Gasteiger partial charge in [0.15, 0.2) is 0 Å². The number of hydrogen-bond donors (Lipinski definition) is 2. The maximum absolute atomic E-state index is 12.3. The number of nitrogens with one attached hydrogen (secondary N) is 1. The molecule has 2 heterocycles. The van der Waals surface area contributed by atoms with E-state index in [4.69, 9.17) is 0 Å². The number of hydrogen-bond acceptors (Lipinski definition) is 5. The second-order valence-corrected chi connectivity index (χ2v) is 6.17. The van der Waals surface area contributed by atoms with Crippen LogP contribution in [0.5, 0.6) is 0 Å². The molecule has 1 aromatic heterocycles. The first kappa shape index (κ1) is 13.9. The minimum absolute atomic E-state index is 0.389. The lowest BCUT2D eigenvalue weighted by atomic mass is 9.98. The van der Waals surface area contributed by atoms with Crippen molar-refractivity contribution in [2.75, 3.05) is 11.5 Å². The van der Waals surface area contributed by atoms with E-state index >= 15 is 0 Å². The molecule has 1 fully saturated rings. The Labute approximate surface area is 124 Å². The van der Waals surface area contributed by atoms with E-state index in [2.05, 4.69) is 15.6 Å². The van der Waals surface area contributed by atoms with Gasteiger partial charge in [-0.25, -0.2) is 9.48 Å². The number of benzene rings is 1. The standard InChI is InChI=1S/C13H14N4O3S/c1-17-10-3-2-8(6-9(10)15-16-17)11(18)14-13(12(19)20)4-5-21-7-13/h2-3,6H,4-5,7H2,1H3,(H,14,18)(H,19,20). The number of fused-ring (bicyclic) bond motifs is 1. The summed E-state index contributed by atoms with van der Waals surface area (Å²) in [6, 6.07) is 5.02. The van der Waals surface area contributed by atoms with Gasteiger partial charge >= 0.3 is 5.97 Å². The van der Waals surface area contributed by atoms with Crippen LogP contribution in [0.4, 0.5) is 0 Å². The third kappa shape index (κ3) is 2.35. The van der Waals surface area contributed by atoms with E-state index < -0.39 is 17.4 Å². The van der Waals surface area contributed by atoms with E-state index in [1.165, 1.54) is 11.8 Å². The summed E-state index contributed by atoms with van der Waals surface area (Å²) in [6.45, 7) is 0. The normalized spacial score (nSPS) is 21.6. The second kappa shape index (κ2) is 5.03. The summed E-state index contributed by atoms with van der Waals surface area (Å²) in [5.41, 5.74) is 0.644. The molecule has 0 radical (unpaired) electrons. The molecule has 1 aromatic carbocycles. The van der Waals surface area contributed by atoms with E-state index in [1.807, 2.05) is 0 Å². The maximum Gasteiger partial charge on any atom is 0.330 e. The molecule has 1 amide bonds. The lowest BCUT2D eigenvalue weighted by Crippen LogP contribution is -2.54. The summed E-state index contributed by atoms with van der Waals surface area (Å²) in [7, 11) is 1.77. The van der Waals surface area contributed by atoms with Gasteiger partial charge in [0.25, 0.3) is 5.91 Å². The molecule has 1 atom stereocenters. The van der Waals surface area contributed by atoms with Crippen LogP contribution in [-0.2, 0) is 11.8 Å². The Morgan fingerprint density at radius 1 is 1.48 bits per heavy atom. The van der Waals surface area contributed by atoms with Gasteiger partial charge in [-0.15, -0.1) is 5.10 Å². The second-order valence-electron chi connectivity index (χ2n) is 5.06. The van der Waals surface area contributed by atoms with Crippen LogP contribution in [0, 0.1) is 0 Å². The number of carbonyl (C=O) groups excluding carboxylic acids is 1. The van der Waals surface area contributed by atoms with Gasteiger partial charge in [0.2, 0.25) is 0 Å². The minimum atomic E-state index is -1.17. The number of carboxylic acid groups (broad SMARTS) is 1. The molecule has 7 nitrogen and oxygen atoms in total. The molecule has 1 unspecified atom stereocenters. The van der Waals surface area contributed by atoms with Crippen molar-refractivity contribution >= 4 is 34.7 Å². The van der Waals surface area contributed by atoms with Gasteiger partial charge in [0, 0.05) is 18.4 Å². The summed E-state index contributed by atoms with van der Waals surface area (Å²) >= 11 is 1.53. The van der Waals surface area contributed by atoms with Crippen LogP contribution in [-0.4, -0.2) is 49.0 Å². The quantitative estimate of drug-likeness (QED) is 0.864. The van der Waals surface area contributed by atoms with Crippen molar-refractivity contribution in [3.63, 3.8) is 0 Å². The van der Waals surface area contributed by atoms with Gasteiger partial charge < -0.3 is 10.4 Å². The molecular weight excluding hydrogens is 292 g/mol. The zero-order valence-electron chi connectivity index (χ0n) is 11.4. The van der Waals surface area contributed by atoms with Crippen molar-refractivity contribution in [3.05, 3.63) is 23.8 Å². The average Bonchev–Trinajstić information content (AvgIpc) is 3.07. The first-order chi connectivity index (χ1) is 10.0. The first-order valence-electron chi connectivity index (χ1n) is 6.45. The Morgan fingerprint density at radius 3 is 2.95 bits per heavy atom. The van der Waals surface area contributed by atoms with Gasteiger partial charge in [-0.2, -0.15) is 11.8 Å². The monoisotopic (exact) mass is 306 g/mol. The number of aryl methyl sites for hydroxylation is 1. The summed E-state index contributed by atoms with van der Waals surface area (Å²) in [5, 5.41) is 19.9. The number of amides is 1.